The molecule has 0 aliphatic rings. The summed E-state index contributed by atoms with van der Waals surface area (Å²) in [5, 5.41) is 14.5. The highest BCUT2D eigenvalue weighted by atomic mass is 35.5. The molecule has 7 heteroatoms. The number of carbonyl (C=O) groups is 1. The topological polar surface area (TPSA) is 79.8 Å². The molecule has 0 radical (unpaired) electrons. The highest BCUT2D eigenvalue weighted by molar-refractivity contribution is 6.30. The first-order valence-corrected chi connectivity index (χ1v) is 7.62. The Bertz CT molecular complexity index is 807. The van der Waals surface area contributed by atoms with Crippen LogP contribution in [0.2, 0.25) is 5.02 Å². The molecule has 1 amide bonds. The molecule has 0 atom stereocenters. The third-order valence-electron chi connectivity index (χ3n) is 3.22. The number of nitrogens with zero attached hydrogens (tertiary/aromatic N) is 3. The Morgan fingerprint density at radius 3 is 2.38 bits per heavy atom. The maximum atomic E-state index is 12.1. The number of hydrogen-bond donors (Lipinski definition) is 2. The third-order valence-corrected chi connectivity index (χ3v) is 3.47. The maximum absolute atomic E-state index is 12.1. The molecule has 0 saturated carbocycles. The monoisotopic (exact) mass is 339 g/mol. The van der Waals surface area contributed by atoms with Gasteiger partial charge in [0.1, 0.15) is 0 Å². The van der Waals surface area contributed by atoms with E-state index in [9.17, 15) is 4.79 Å². The summed E-state index contributed by atoms with van der Waals surface area (Å²) >= 11 is 5.84. The number of benzene rings is 1. The highest BCUT2D eigenvalue weighted by Crippen LogP contribution is 2.17. The molecule has 0 spiro atoms. The molecule has 0 unspecified atom stereocenters. The van der Waals surface area contributed by atoms with Gasteiger partial charge in [0.15, 0.2) is 11.5 Å². The largest absolute Gasteiger partial charge is 0.347 e. The van der Waals surface area contributed by atoms with Crippen LogP contribution in [0.15, 0.2) is 60.9 Å². The van der Waals surface area contributed by atoms with Gasteiger partial charge in [-0.1, -0.05) is 11.6 Å². The van der Waals surface area contributed by atoms with E-state index in [4.69, 9.17) is 11.6 Å². The Morgan fingerprint density at radius 2 is 1.71 bits per heavy atom. The van der Waals surface area contributed by atoms with Crippen LogP contribution in [0.1, 0.15) is 16.1 Å². The van der Waals surface area contributed by atoms with Gasteiger partial charge < -0.3 is 10.6 Å². The lowest BCUT2D eigenvalue weighted by molar-refractivity contribution is 0.0945. The van der Waals surface area contributed by atoms with Crippen LogP contribution in [0.4, 0.5) is 11.5 Å². The van der Waals surface area contributed by atoms with Crippen molar-refractivity contribution >= 4 is 29.0 Å². The van der Waals surface area contributed by atoms with Gasteiger partial charge in [-0.05, 0) is 54.1 Å². The SMILES string of the molecule is O=C(NCc1ccncc1)c1ccc(Nc2ccc(Cl)cc2)nn1. The van der Waals surface area contributed by atoms with Crippen molar-refractivity contribution in [3.63, 3.8) is 0 Å². The fourth-order valence-corrected chi connectivity index (χ4v) is 2.10. The van der Waals surface area contributed by atoms with Crippen molar-refractivity contribution in [2.45, 2.75) is 6.54 Å². The lowest BCUT2D eigenvalue weighted by Gasteiger charge is -2.06. The normalized spacial score (nSPS) is 10.2. The maximum Gasteiger partial charge on any atom is 0.272 e. The third kappa shape index (κ3) is 4.27. The lowest BCUT2D eigenvalue weighted by atomic mass is 10.2. The Hall–Kier alpha value is -2.99. The van der Waals surface area contributed by atoms with Gasteiger partial charge in [-0.2, -0.15) is 0 Å². The van der Waals surface area contributed by atoms with Gasteiger partial charge in [-0.25, -0.2) is 0 Å². The number of halogens is 1. The van der Waals surface area contributed by atoms with Crippen LogP contribution in [-0.4, -0.2) is 21.1 Å². The molecule has 1 aromatic carbocycles. The van der Waals surface area contributed by atoms with Crippen molar-refractivity contribution in [3.05, 3.63) is 77.2 Å². The number of amides is 1. The number of pyridine rings is 1. The summed E-state index contributed by atoms with van der Waals surface area (Å²) in [5.74, 6) is 0.264. The molecule has 3 rings (SSSR count). The minimum absolute atomic E-state index is 0.255. The Balaban J connectivity index is 1.59. The smallest absolute Gasteiger partial charge is 0.272 e. The molecule has 2 heterocycles. The Labute approximate surface area is 143 Å². The number of aromatic nitrogens is 3. The first kappa shape index (κ1) is 15.9. The van der Waals surface area contributed by atoms with E-state index >= 15 is 0 Å². The van der Waals surface area contributed by atoms with E-state index in [0.29, 0.717) is 17.4 Å². The van der Waals surface area contributed by atoms with E-state index in [1.807, 2.05) is 24.3 Å². The summed E-state index contributed by atoms with van der Waals surface area (Å²) in [7, 11) is 0. The second-order valence-electron chi connectivity index (χ2n) is 4.97. The molecule has 3 aromatic rings. The molecule has 120 valence electrons. The van der Waals surface area contributed by atoms with Crippen molar-refractivity contribution in [2.24, 2.45) is 0 Å². The molecule has 2 N–H and O–H groups in total. The molecule has 0 saturated heterocycles. The first-order chi connectivity index (χ1) is 11.7. The molecule has 0 fully saturated rings. The fourth-order valence-electron chi connectivity index (χ4n) is 1.97. The predicted octanol–water partition coefficient (Wildman–Crippen LogP) is 3.20. The minimum atomic E-state index is -0.280. The van der Waals surface area contributed by atoms with Crippen LogP contribution in [0.3, 0.4) is 0 Å². The van der Waals surface area contributed by atoms with E-state index in [1.54, 1.807) is 36.7 Å². The number of hydrogen-bond acceptors (Lipinski definition) is 5. The van der Waals surface area contributed by atoms with Crippen LogP contribution in [-0.2, 0) is 6.54 Å². The second kappa shape index (κ2) is 7.52. The summed E-state index contributed by atoms with van der Waals surface area (Å²) in [6.45, 7) is 0.411. The summed E-state index contributed by atoms with van der Waals surface area (Å²) in [6, 6.07) is 14.2. The molecule has 2 aromatic heterocycles. The molecule has 0 aliphatic heterocycles. The molecule has 0 bridgehead atoms. The number of carbonyl (C=O) groups excluding carboxylic acids is 1. The van der Waals surface area contributed by atoms with Crippen molar-refractivity contribution in [2.75, 3.05) is 5.32 Å². The standard InChI is InChI=1S/C17H14ClN5O/c18-13-1-3-14(4-2-13)21-16-6-5-15(22-23-16)17(24)20-11-12-7-9-19-10-8-12/h1-10H,11H2,(H,20,24)(H,21,23). The average Bonchev–Trinajstić information content (AvgIpc) is 2.63. The lowest BCUT2D eigenvalue weighted by Crippen LogP contribution is -2.24. The van der Waals surface area contributed by atoms with Crippen molar-refractivity contribution < 1.29 is 4.79 Å². The van der Waals surface area contributed by atoms with Gasteiger partial charge in [-0.3, -0.25) is 9.78 Å². The summed E-state index contributed by atoms with van der Waals surface area (Å²) in [5.41, 5.74) is 2.06. The van der Waals surface area contributed by atoms with Gasteiger partial charge in [0.25, 0.3) is 5.91 Å². The molecule has 0 aliphatic carbocycles. The number of nitrogens with one attached hydrogen (secondary N) is 2. The van der Waals surface area contributed by atoms with Crippen molar-refractivity contribution in [1.29, 1.82) is 0 Å². The van der Waals surface area contributed by atoms with E-state index in [1.165, 1.54) is 0 Å². The molecular weight excluding hydrogens is 326 g/mol. The van der Waals surface area contributed by atoms with Crippen LogP contribution in [0.5, 0.6) is 0 Å². The number of rotatable bonds is 5. The summed E-state index contributed by atoms with van der Waals surface area (Å²) in [6.07, 6.45) is 3.36. The summed E-state index contributed by atoms with van der Waals surface area (Å²) in [4.78, 5) is 16.0. The van der Waals surface area contributed by atoms with E-state index in [2.05, 4.69) is 25.8 Å². The molecule has 24 heavy (non-hydrogen) atoms. The van der Waals surface area contributed by atoms with Crippen LogP contribution in [0, 0.1) is 0 Å². The van der Waals surface area contributed by atoms with Crippen molar-refractivity contribution in [3.8, 4) is 0 Å². The van der Waals surface area contributed by atoms with Crippen LogP contribution < -0.4 is 10.6 Å². The zero-order valence-corrected chi connectivity index (χ0v) is 13.4. The van der Waals surface area contributed by atoms with Gasteiger partial charge in [-0.15, -0.1) is 10.2 Å². The summed E-state index contributed by atoms with van der Waals surface area (Å²) < 4.78 is 0. The van der Waals surface area contributed by atoms with Crippen LogP contribution in [0.25, 0.3) is 0 Å². The highest BCUT2D eigenvalue weighted by Gasteiger charge is 2.08. The van der Waals surface area contributed by atoms with Gasteiger partial charge in [0.2, 0.25) is 0 Å². The van der Waals surface area contributed by atoms with E-state index in [0.717, 1.165) is 11.3 Å². The molecular formula is C17H14ClN5O. The van der Waals surface area contributed by atoms with E-state index < -0.39 is 0 Å². The zero-order chi connectivity index (χ0) is 16.8. The Kier molecular flexibility index (Phi) is 4.98. The quantitative estimate of drug-likeness (QED) is 0.746. The minimum Gasteiger partial charge on any atom is -0.347 e. The first-order valence-electron chi connectivity index (χ1n) is 7.24. The van der Waals surface area contributed by atoms with Gasteiger partial charge >= 0.3 is 0 Å². The number of anilines is 2. The average molecular weight is 340 g/mol. The predicted molar refractivity (Wildman–Crippen MR) is 92.2 cm³/mol. The van der Waals surface area contributed by atoms with Crippen molar-refractivity contribution in [1.82, 2.24) is 20.5 Å². The van der Waals surface area contributed by atoms with Gasteiger partial charge in [0.05, 0.1) is 0 Å². The fraction of sp³-hybridized carbons (Fsp3) is 0.0588. The second-order valence-corrected chi connectivity index (χ2v) is 5.41. The van der Waals surface area contributed by atoms with Gasteiger partial charge in [0, 0.05) is 29.6 Å². The van der Waals surface area contributed by atoms with E-state index in [-0.39, 0.29) is 11.6 Å². The van der Waals surface area contributed by atoms with Crippen LogP contribution >= 0.6 is 11.6 Å². The zero-order valence-electron chi connectivity index (χ0n) is 12.6. The molecule has 6 nitrogen and oxygen atoms in total. The Morgan fingerprint density at radius 1 is 0.958 bits per heavy atom.